The lowest BCUT2D eigenvalue weighted by molar-refractivity contribution is -0.146. The Morgan fingerprint density at radius 1 is 1.56 bits per heavy atom. The average molecular weight is 241 g/mol. The molecule has 0 aliphatic carbocycles. The summed E-state index contributed by atoms with van der Waals surface area (Å²) in [6, 6.07) is 4.90. The van der Waals surface area contributed by atoms with Crippen molar-refractivity contribution in [3.8, 4) is 0 Å². The maximum absolute atomic E-state index is 10.7. The number of hydrogen-bond acceptors (Lipinski definition) is 3. The summed E-state index contributed by atoms with van der Waals surface area (Å²) < 4.78 is 1.46. The van der Waals surface area contributed by atoms with Crippen molar-refractivity contribution in [1.29, 1.82) is 0 Å². The van der Waals surface area contributed by atoms with Crippen molar-refractivity contribution in [3.05, 3.63) is 28.9 Å². The van der Waals surface area contributed by atoms with E-state index < -0.39 is 12.1 Å². The molecule has 0 saturated carbocycles. The highest BCUT2D eigenvalue weighted by Gasteiger charge is 2.21. The summed E-state index contributed by atoms with van der Waals surface area (Å²) in [5.74, 6) is -1.30. The van der Waals surface area contributed by atoms with Crippen LogP contribution in [0.5, 0.6) is 0 Å². The first-order valence-corrected chi connectivity index (χ1v) is 4.92. The molecule has 0 fully saturated rings. The number of aliphatic hydroxyl groups excluding tert-OH is 1. The number of aliphatic carboxylic acids is 1. The Kier molecular flexibility index (Phi) is 2.57. The first-order valence-electron chi connectivity index (χ1n) is 4.54. The standard InChI is InChI=1S/C10H9ClN2O3/c1-13-7-5(8(14)10(15)16)3-2-4-6(7)9(11)12-13/h2-4,8,14H,1H3,(H,15,16). The summed E-state index contributed by atoms with van der Waals surface area (Å²) in [6.45, 7) is 0. The number of carboxylic acid groups (broad SMARTS) is 1. The third-order valence-electron chi connectivity index (χ3n) is 2.38. The van der Waals surface area contributed by atoms with E-state index in [4.69, 9.17) is 16.7 Å². The molecule has 84 valence electrons. The fourth-order valence-corrected chi connectivity index (χ4v) is 1.94. The van der Waals surface area contributed by atoms with Crippen molar-refractivity contribution in [1.82, 2.24) is 9.78 Å². The number of aromatic nitrogens is 2. The molecule has 2 aromatic rings. The van der Waals surface area contributed by atoms with Crippen LogP contribution in [-0.4, -0.2) is 26.0 Å². The zero-order valence-electron chi connectivity index (χ0n) is 8.38. The molecule has 1 aromatic carbocycles. The maximum atomic E-state index is 10.7. The number of aryl methyl sites for hydroxylation is 1. The summed E-state index contributed by atoms with van der Waals surface area (Å²) in [6.07, 6.45) is -1.57. The highest BCUT2D eigenvalue weighted by Crippen LogP contribution is 2.28. The van der Waals surface area contributed by atoms with Crippen LogP contribution in [-0.2, 0) is 11.8 Å². The molecule has 6 heteroatoms. The third kappa shape index (κ3) is 1.54. The Bertz CT molecular complexity index is 564. The Balaban J connectivity index is 2.75. The Morgan fingerprint density at radius 2 is 2.25 bits per heavy atom. The molecule has 0 spiro atoms. The minimum Gasteiger partial charge on any atom is -0.479 e. The highest BCUT2D eigenvalue weighted by atomic mass is 35.5. The molecule has 0 radical (unpaired) electrons. The number of benzene rings is 1. The predicted octanol–water partition coefficient (Wildman–Crippen LogP) is 1.34. The van der Waals surface area contributed by atoms with Crippen LogP contribution in [0.1, 0.15) is 11.7 Å². The fraction of sp³-hybridized carbons (Fsp3) is 0.200. The first kappa shape index (κ1) is 10.9. The van der Waals surface area contributed by atoms with Crippen molar-refractivity contribution in [2.75, 3.05) is 0 Å². The number of rotatable bonds is 2. The summed E-state index contributed by atoms with van der Waals surface area (Å²) in [5, 5.41) is 23.2. The molecule has 0 saturated heterocycles. The Morgan fingerprint density at radius 3 is 2.88 bits per heavy atom. The second-order valence-electron chi connectivity index (χ2n) is 3.40. The van der Waals surface area contributed by atoms with Crippen LogP contribution < -0.4 is 0 Å². The van der Waals surface area contributed by atoms with Crippen LogP contribution in [0.15, 0.2) is 18.2 Å². The molecule has 1 heterocycles. The molecule has 2 N–H and O–H groups in total. The molecule has 0 aliphatic rings. The topological polar surface area (TPSA) is 75.3 Å². The summed E-state index contributed by atoms with van der Waals surface area (Å²) in [7, 11) is 1.65. The number of carbonyl (C=O) groups is 1. The van der Waals surface area contributed by atoms with Crippen molar-refractivity contribution < 1.29 is 15.0 Å². The van der Waals surface area contributed by atoms with Crippen molar-refractivity contribution in [2.24, 2.45) is 7.05 Å². The molecule has 1 unspecified atom stereocenters. The van der Waals surface area contributed by atoms with E-state index in [1.165, 1.54) is 4.68 Å². The lowest BCUT2D eigenvalue weighted by atomic mass is 10.1. The molecule has 0 bridgehead atoms. The first-order chi connectivity index (χ1) is 7.52. The van der Waals surface area contributed by atoms with E-state index in [0.29, 0.717) is 10.9 Å². The quantitative estimate of drug-likeness (QED) is 0.831. The average Bonchev–Trinajstić information content (AvgIpc) is 2.54. The van der Waals surface area contributed by atoms with Crippen LogP contribution in [0.3, 0.4) is 0 Å². The van der Waals surface area contributed by atoms with Gasteiger partial charge in [-0.3, -0.25) is 4.68 Å². The highest BCUT2D eigenvalue weighted by molar-refractivity contribution is 6.34. The monoisotopic (exact) mass is 240 g/mol. The van der Waals surface area contributed by atoms with E-state index in [1.54, 1.807) is 25.2 Å². The summed E-state index contributed by atoms with van der Waals surface area (Å²) in [4.78, 5) is 10.7. The predicted molar refractivity (Wildman–Crippen MR) is 58.3 cm³/mol. The van der Waals surface area contributed by atoms with E-state index in [0.717, 1.165) is 0 Å². The molecule has 0 amide bonds. The summed E-state index contributed by atoms with van der Waals surface area (Å²) in [5.41, 5.74) is 0.814. The molecule has 1 atom stereocenters. The van der Waals surface area contributed by atoms with Gasteiger partial charge in [0.15, 0.2) is 11.3 Å². The second-order valence-corrected chi connectivity index (χ2v) is 3.76. The second kappa shape index (κ2) is 3.77. The molecule has 5 nitrogen and oxygen atoms in total. The van der Waals surface area contributed by atoms with E-state index >= 15 is 0 Å². The molecular weight excluding hydrogens is 232 g/mol. The minimum absolute atomic E-state index is 0.284. The van der Waals surface area contributed by atoms with Crippen LogP contribution in [0, 0.1) is 0 Å². The van der Waals surface area contributed by atoms with Gasteiger partial charge in [0.25, 0.3) is 0 Å². The SMILES string of the molecule is Cn1nc(Cl)c2cccc(C(O)C(=O)O)c21. The van der Waals surface area contributed by atoms with Crippen LogP contribution in [0.2, 0.25) is 5.15 Å². The van der Waals surface area contributed by atoms with Gasteiger partial charge in [0.2, 0.25) is 0 Å². The number of para-hydroxylation sites is 1. The largest absolute Gasteiger partial charge is 0.479 e. The molecule has 2 rings (SSSR count). The number of hydrogen-bond donors (Lipinski definition) is 2. The van der Waals surface area contributed by atoms with Crippen molar-refractivity contribution >= 4 is 28.5 Å². The van der Waals surface area contributed by atoms with Gasteiger partial charge in [-0.1, -0.05) is 23.7 Å². The van der Waals surface area contributed by atoms with E-state index in [1.807, 2.05) is 0 Å². The lowest BCUT2D eigenvalue weighted by Gasteiger charge is -2.08. The Hall–Kier alpha value is -1.59. The zero-order valence-corrected chi connectivity index (χ0v) is 9.14. The summed E-state index contributed by atoms with van der Waals surface area (Å²) >= 11 is 5.87. The number of carboxylic acids is 1. The normalized spacial score (nSPS) is 12.9. The third-order valence-corrected chi connectivity index (χ3v) is 2.66. The van der Waals surface area contributed by atoms with Gasteiger partial charge in [-0.15, -0.1) is 0 Å². The minimum atomic E-state index is -1.57. The van der Waals surface area contributed by atoms with Crippen LogP contribution >= 0.6 is 11.6 Å². The van der Waals surface area contributed by atoms with Crippen molar-refractivity contribution in [2.45, 2.75) is 6.10 Å². The molecule has 16 heavy (non-hydrogen) atoms. The zero-order chi connectivity index (χ0) is 11.9. The van der Waals surface area contributed by atoms with Gasteiger partial charge < -0.3 is 10.2 Å². The molecular formula is C10H9ClN2O3. The maximum Gasteiger partial charge on any atom is 0.337 e. The van der Waals surface area contributed by atoms with Crippen LogP contribution in [0.25, 0.3) is 10.9 Å². The number of halogens is 1. The number of nitrogens with zero attached hydrogens (tertiary/aromatic N) is 2. The van der Waals surface area contributed by atoms with Gasteiger partial charge in [0, 0.05) is 18.0 Å². The van der Waals surface area contributed by atoms with E-state index in [-0.39, 0.29) is 10.7 Å². The van der Waals surface area contributed by atoms with Crippen LogP contribution in [0.4, 0.5) is 0 Å². The van der Waals surface area contributed by atoms with Crippen molar-refractivity contribution in [3.63, 3.8) is 0 Å². The van der Waals surface area contributed by atoms with Gasteiger partial charge in [0.05, 0.1) is 5.52 Å². The van der Waals surface area contributed by atoms with Gasteiger partial charge >= 0.3 is 5.97 Å². The van der Waals surface area contributed by atoms with Gasteiger partial charge in [-0.25, -0.2) is 4.79 Å². The van der Waals surface area contributed by atoms with E-state index in [9.17, 15) is 9.90 Å². The molecule has 1 aromatic heterocycles. The van der Waals surface area contributed by atoms with Gasteiger partial charge in [-0.05, 0) is 6.07 Å². The number of aliphatic hydroxyl groups is 1. The molecule has 0 aliphatic heterocycles. The number of fused-ring (bicyclic) bond motifs is 1. The van der Waals surface area contributed by atoms with E-state index in [2.05, 4.69) is 5.10 Å². The lowest BCUT2D eigenvalue weighted by Crippen LogP contribution is -2.11. The van der Waals surface area contributed by atoms with Gasteiger partial charge in [-0.2, -0.15) is 5.10 Å². The smallest absolute Gasteiger partial charge is 0.337 e. The fourth-order valence-electron chi connectivity index (χ4n) is 1.68. The Labute approximate surface area is 95.9 Å². The van der Waals surface area contributed by atoms with Gasteiger partial charge in [0.1, 0.15) is 0 Å².